The third kappa shape index (κ3) is 3.80. The molecular weight excluding hydrogens is 436 g/mol. The predicted octanol–water partition coefficient (Wildman–Crippen LogP) is 4.25. The number of amides is 1. The van der Waals surface area contributed by atoms with E-state index in [2.05, 4.69) is 39.8 Å². The average Bonchev–Trinajstić information content (AvgIpc) is 3.31. The van der Waals surface area contributed by atoms with Crippen LogP contribution in [0.1, 0.15) is 22.7 Å². The van der Waals surface area contributed by atoms with Crippen molar-refractivity contribution in [1.82, 2.24) is 14.8 Å². The number of aromatic nitrogens is 3. The lowest BCUT2D eigenvalue weighted by Gasteiger charge is -2.26. The van der Waals surface area contributed by atoms with Gasteiger partial charge in [-0.05, 0) is 41.5 Å². The molecule has 4 aromatic rings. The second kappa shape index (κ2) is 8.12. The van der Waals surface area contributed by atoms with Crippen LogP contribution in [0, 0.1) is 0 Å². The van der Waals surface area contributed by atoms with E-state index in [1.54, 1.807) is 18.9 Å². The van der Waals surface area contributed by atoms with E-state index in [1.807, 2.05) is 35.3 Å². The maximum Gasteiger partial charge on any atom is 0.234 e. The van der Waals surface area contributed by atoms with E-state index < -0.39 is 0 Å². The number of carbonyl (C=O) groups is 1. The summed E-state index contributed by atoms with van der Waals surface area (Å²) in [6, 6.07) is 12.3. The second-order valence-corrected chi connectivity index (χ2v) is 9.34. The van der Waals surface area contributed by atoms with Gasteiger partial charge >= 0.3 is 0 Å². The standard InChI is InChI=1S/C25H22N4O3S/c1-31-18-3-4-21-19(9-18)20-8-17(13-32-23(20)11-26-21)29-12-16(10-27-29)6-15-2-5-24-22(7-15)28-25(30)14-33-24/h2-5,7,9-12,17H,6,8,13-14H2,1H3,(H,28,30). The summed E-state index contributed by atoms with van der Waals surface area (Å²) in [5.41, 5.74) is 5.23. The summed E-state index contributed by atoms with van der Waals surface area (Å²) in [6.07, 6.45) is 7.38. The van der Waals surface area contributed by atoms with Crippen molar-refractivity contribution < 1.29 is 14.3 Å². The van der Waals surface area contributed by atoms with Gasteiger partial charge in [0.1, 0.15) is 18.1 Å². The molecule has 4 heterocycles. The van der Waals surface area contributed by atoms with Crippen LogP contribution in [-0.4, -0.2) is 40.1 Å². The van der Waals surface area contributed by atoms with E-state index >= 15 is 0 Å². The Balaban J connectivity index is 1.24. The van der Waals surface area contributed by atoms with Crippen LogP contribution >= 0.6 is 11.8 Å². The Labute approximate surface area is 195 Å². The second-order valence-electron chi connectivity index (χ2n) is 8.33. The molecular formula is C25H22N4O3S. The molecule has 1 atom stereocenters. The number of hydrogen-bond acceptors (Lipinski definition) is 6. The highest BCUT2D eigenvalue weighted by atomic mass is 32.2. The van der Waals surface area contributed by atoms with Crippen molar-refractivity contribution in [3.05, 3.63) is 71.7 Å². The van der Waals surface area contributed by atoms with Crippen LogP contribution in [-0.2, 0) is 17.6 Å². The molecule has 7 nitrogen and oxygen atoms in total. The lowest BCUT2D eigenvalue weighted by molar-refractivity contribution is -0.113. The molecule has 8 heteroatoms. The number of methoxy groups -OCH3 is 1. The SMILES string of the molecule is COc1ccc2ncc3c(c2c1)CC(n1cc(Cc2ccc4c(c2)NC(=O)CS4)cn1)CO3. The lowest BCUT2D eigenvalue weighted by Crippen LogP contribution is -2.25. The molecule has 0 fully saturated rings. The molecule has 0 aliphatic carbocycles. The van der Waals surface area contributed by atoms with Crippen molar-refractivity contribution >= 4 is 34.3 Å². The van der Waals surface area contributed by atoms with Crippen molar-refractivity contribution in [2.75, 3.05) is 24.8 Å². The summed E-state index contributed by atoms with van der Waals surface area (Å²) < 4.78 is 13.5. The summed E-state index contributed by atoms with van der Waals surface area (Å²) >= 11 is 1.58. The minimum Gasteiger partial charge on any atom is -0.497 e. The van der Waals surface area contributed by atoms with Crippen LogP contribution < -0.4 is 14.8 Å². The molecule has 0 radical (unpaired) electrons. The molecule has 0 bridgehead atoms. The Morgan fingerprint density at radius 1 is 1.21 bits per heavy atom. The summed E-state index contributed by atoms with van der Waals surface area (Å²) in [6.45, 7) is 0.549. The number of pyridine rings is 1. The van der Waals surface area contributed by atoms with E-state index in [9.17, 15) is 4.79 Å². The van der Waals surface area contributed by atoms with E-state index in [0.29, 0.717) is 12.4 Å². The Morgan fingerprint density at radius 2 is 2.15 bits per heavy atom. The lowest BCUT2D eigenvalue weighted by atomic mass is 9.99. The van der Waals surface area contributed by atoms with Crippen LogP contribution in [0.5, 0.6) is 11.5 Å². The summed E-state index contributed by atoms with van der Waals surface area (Å²) in [4.78, 5) is 17.4. The van der Waals surface area contributed by atoms with Crippen molar-refractivity contribution in [1.29, 1.82) is 0 Å². The van der Waals surface area contributed by atoms with Gasteiger partial charge in [0, 0.05) is 34.9 Å². The van der Waals surface area contributed by atoms with Crippen molar-refractivity contribution in [3.8, 4) is 11.5 Å². The zero-order valence-electron chi connectivity index (χ0n) is 18.1. The molecule has 2 aliphatic heterocycles. The smallest absolute Gasteiger partial charge is 0.234 e. The van der Waals surface area contributed by atoms with Crippen LogP contribution in [0.3, 0.4) is 0 Å². The summed E-state index contributed by atoms with van der Waals surface area (Å²) in [5.74, 6) is 2.16. The van der Waals surface area contributed by atoms with Gasteiger partial charge in [0.25, 0.3) is 0 Å². The average molecular weight is 459 g/mol. The number of hydrogen-bond donors (Lipinski definition) is 1. The minimum absolute atomic E-state index is 0.0513. The Hall–Kier alpha value is -3.52. The number of carbonyl (C=O) groups excluding carboxylic acids is 1. The van der Waals surface area contributed by atoms with E-state index in [-0.39, 0.29) is 11.9 Å². The number of ether oxygens (including phenoxy) is 2. The number of benzene rings is 2. The molecule has 1 unspecified atom stereocenters. The van der Waals surface area contributed by atoms with Gasteiger partial charge in [-0.25, -0.2) is 0 Å². The maximum atomic E-state index is 11.7. The molecule has 2 aromatic carbocycles. The molecule has 1 amide bonds. The van der Waals surface area contributed by atoms with Crippen LogP contribution in [0.15, 0.2) is 59.9 Å². The molecule has 166 valence electrons. The number of fused-ring (bicyclic) bond motifs is 4. The molecule has 6 rings (SSSR count). The van der Waals surface area contributed by atoms with Crippen molar-refractivity contribution in [2.45, 2.75) is 23.8 Å². The topological polar surface area (TPSA) is 78.3 Å². The zero-order valence-corrected chi connectivity index (χ0v) is 18.9. The Morgan fingerprint density at radius 3 is 3.06 bits per heavy atom. The molecule has 1 N–H and O–H groups in total. The van der Waals surface area contributed by atoms with Crippen LogP contribution in [0.4, 0.5) is 5.69 Å². The van der Waals surface area contributed by atoms with Gasteiger partial charge < -0.3 is 14.8 Å². The number of rotatable bonds is 4. The quantitative estimate of drug-likeness (QED) is 0.493. The first-order chi connectivity index (χ1) is 16.2. The molecule has 0 saturated heterocycles. The maximum absolute atomic E-state index is 11.7. The monoisotopic (exact) mass is 458 g/mol. The first-order valence-electron chi connectivity index (χ1n) is 10.8. The Bertz CT molecular complexity index is 1380. The van der Waals surface area contributed by atoms with Gasteiger partial charge in [0.05, 0.1) is 42.5 Å². The third-order valence-corrected chi connectivity index (χ3v) is 7.21. The molecule has 2 aliphatic rings. The van der Waals surface area contributed by atoms with E-state index in [0.717, 1.165) is 62.5 Å². The summed E-state index contributed by atoms with van der Waals surface area (Å²) in [7, 11) is 1.67. The number of thioether (sulfide) groups is 1. The number of nitrogens with zero attached hydrogens (tertiary/aromatic N) is 3. The first kappa shape index (κ1) is 20.1. The van der Waals surface area contributed by atoms with Gasteiger partial charge in [-0.15, -0.1) is 11.8 Å². The van der Waals surface area contributed by atoms with E-state index in [1.165, 1.54) is 0 Å². The highest BCUT2D eigenvalue weighted by molar-refractivity contribution is 8.00. The van der Waals surface area contributed by atoms with Gasteiger partial charge in [0.15, 0.2) is 0 Å². The highest BCUT2D eigenvalue weighted by Crippen LogP contribution is 2.36. The highest BCUT2D eigenvalue weighted by Gasteiger charge is 2.25. The van der Waals surface area contributed by atoms with Crippen LogP contribution in [0.25, 0.3) is 10.9 Å². The molecule has 0 spiro atoms. The van der Waals surface area contributed by atoms with Gasteiger partial charge in [-0.2, -0.15) is 5.10 Å². The van der Waals surface area contributed by atoms with Gasteiger partial charge in [-0.3, -0.25) is 14.5 Å². The summed E-state index contributed by atoms with van der Waals surface area (Å²) in [5, 5.41) is 8.66. The fourth-order valence-electron chi connectivity index (χ4n) is 4.46. The van der Waals surface area contributed by atoms with Gasteiger partial charge in [0.2, 0.25) is 5.91 Å². The van der Waals surface area contributed by atoms with Crippen LogP contribution in [0.2, 0.25) is 0 Å². The van der Waals surface area contributed by atoms with E-state index in [4.69, 9.17) is 9.47 Å². The fourth-order valence-corrected chi connectivity index (χ4v) is 5.25. The van der Waals surface area contributed by atoms with Gasteiger partial charge in [-0.1, -0.05) is 6.07 Å². The zero-order chi connectivity index (χ0) is 22.4. The third-order valence-electron chi connectivity index (χ3n) is 6.13. The minimum atomic E-state index is 0.0513. The number of nitrogens with one attached hydrogen (secondary N) is 1. The largest absolute Gasteiger partial charge is 0.497 e. The fraction of sp³-hybridized carbons (Fsp3) is 0.240. The predicted molar refractivity (Wildman–Crippen MR) is 127 cm³/mol. The normalized spacial score (nSPS) is 17.1. The molecule has 2 aromatic heterocycles. The van der Waals surface area contributed by atoms with Crippen molar-refractivity contribution in [3.63, 3.8) is 0 Å². The van der Waals surface area contributed by atoms with Crippen molar-refractivity contribution in [2.24, 2.45) is 0 Å². The molecule has 33 heavy (non-hydrogen) atoms. The Kier molecular flexibility index (Phi) is 4.95. The number of anilines is 1. The molecule has 0 saturated carbocycles. The first-order valence-corrected chi connectivity index (χ1v) is 11.8.